The largest absolute Gasteiger partial charge is 0.489 e. The summed E-state index contributed by atoms with van der Waals surface area (Å²) in [5.74, 6) is -0.147. The molecule has 0 saturated carbocycles. The Morgan fingerprint density at radius 2 is 1.70 bits per heavy atom. The number of ether oxygens (including phenoxy) is 2. The fraction of sp³-hybridized carbons (Fsp3) is 0.391. The van der Waals surface area contributed by atoms with Crippen LogP contribution in [-0.2, 0) is 14.8 Å². The van der Waals surface area contributed by atoms with Crippen LogP contribution >= 0.6 is 0 Å². The maximum atomic E-state index is 13.0. The molecule has 0 aliphatic heterocycles. The van der Waals surface area contributed by atoms with Crippen molar-refractivity contribution in [2.75, 3.05) is 30.3 Å². The molecule has 2 aromatic carbocycles. The first-order chi connectivity index (χ1) is 15.6. The number of anilines is 2. The van der Waals surface area contributed by atoms with Crippen molar-refractivity contribution in [2.45, 2.75) is 45.6 Å². The van der Waals surface area contributed by atoms with Crippen LogP contribution in [0.15, 0.2) is 47.4 Å². The fourth-order valence-corrected chi connectivity index (χ4v) is 4.54. The number of carbonyl (C=O) groups is 2. The molecule has 2 aromatic rings. The van der Waals surface area contributed by atoms with Crippen molar-refractivity contribution in [1.82, 2.24) is 4.31 Å². The van der Waals surface area contributed by atoms with Gasteiger partial charge in [0.2, 0.25) is 10.0 Å². The molecule has 0 unspecified atom stereocenters. The van der Waals surface area contributed by atoms with E-state index in [9.17, 15) is 18.0 Å². The van der Waals surface area contributed by atoms with E-state index in [1.165, 1.54) is 28.6 Å². The van der Waals surface area contributed by atoms with Gasteiger partial charge in [-0.1, -0.05) is 19.9 Å². The standard InChI is InChI=1S/C23H31N3O6S/c1-6-26(7-2)33(29,30)19-12-13-21(32-16(4)5)20(15-19)25-22(27)17-10-9-11-18(14-17)24-23(28)31-8-3/h9-16H,6-8H2,1-5H3,(H,24,28)(H,25,27). The Hall–Kier alpha value is -3.11. The molecule has 0 bridgehead atoms. The lowest BCUT2D eigenvalue weighted by Crippen LogP contribution is -2.30. The summed E-state index contributed by atoms with van der Waals surface area (Å²) >= 11 is 0. The van der Waals surface area contributed by atoms with E-state index in [1.54, 1.807) is 39.0 Å². The minimum atomic E-state index is -3.73. The molecule has 0 spiro atoms. The SMILES string of the molecule is CCOC(=O)Nc1cccc(C(=O)Nc2cc(S(=O)(=O)N(CC)CC)ccc2OC(C)C)c1. The lowest BCUT2D eigenvalue weighted by Gasteiger charge is -2.20. The number of benzene rings is 2. The van der Waals surface area contributed by atoms with Crippen LogP contribution < -0.4 is 15.4 Å². The number of carbonyl (C=O) groups excluding carboxylic acids is 2. The predicted octanol–water partition coefficient (Wildman–Crippen LogP) is 4.33. The van der Waals surface area contributed by atoms with E-state index in [-0.39, 0.29) is 28.9 Å². The highest BCUT2D eigenvalue weighted by molar-refractivity contribution is 7.89. The Morgan fingerprint density at radius 3 is 2.30 bits per heavy atom. The van der Waals surface area contributed by atoms with E-state index in [2.05, 4.69) is 10.6 Å². The molecule has 2 rings (SSSR count). The molecule has 10 heteroatoms. The molecule has 0 radical (unpaired) electrons. The first-order valence-electron chi connectivity index (χ1n) is 10.8. The minimum absolute atomic E-state index is 0.0512. The number of rotatable bonds is 10. The summed E-state index contributed by atoms with van der Waals surface area (Å²) in [6, 6.07) is 10.7. The van der Waals surface area contributed by atoms with E-state index in [0.717, 1.165) is 0 Å². The van der Waals surface area contributed by atoms with Gasteiger partial charge in [0, 0.05) is 24.3 Å². The van der Waals surface area contributed by atoms with Crippen molar-refractivity contribution in [3.8, 4) is 5.75 Å². The van der Waals surface area contributed by atoms with Crippen molar-refractivity contribution < 1.29 is 27.5 Å². The van der Waals surface area contributed by atoms with Crippen LogP contribution in [0.1, 0.15) is 45.0 Å². The van der Waals surface area contributed by atoms with Crippen LogP contribution in [0, 0.1) is 0 Å². The van der Waals surface area contributed by atoms with Gasteiger partial charge >= 0.3 is 6.09 Å². The summed E-state index contributed by atoms with van der Waals surface area (Å²) in [6.07, 6.45) is -0.819. The Kier molecular flexibility index (Phi) is 9.24. The van der Waals surface area contributed by atoms with Crippen molar-refractivity contribution in [2.24, 2.45) is 0 Å². The third-order valence-electron chi connectivity index (χ3n) is 4.55. The highest BCUT2D eigenvalue weighted by Crippen LogP contribution is 2.30. The zero-order chi connectivity index (χ0) is 24.6. The molecule has 180 valence electrons. The number of hydrogen-bond donors (Lipinski definition) is 2. The van der Waals surface area contributed by atoms with Crippen LogP contribution in [0.3, 0.4) is 0 Å². The average molecular weight is 478 g/mol. The minimum Gasteiger partial charge on any atom is -0.489 e. The van der Waals surface area contributed by atoms with Crippen molar-refractivity contribution in [3.63, 3.8) is 0 Å². The zero-order valence-corrected chi connectivity index (χ0v) is 20.4. The quantitative estimate of drug-likeness (QED) is 0.527. The molecule has 9 nitrogen and oxygen atoms in total. The van der Waals surface area contributed by atoms with Gasteiger partial charge < -0.3 is 14.8 Å². The normalized spacial score (nSPS) is 11.4. The lowest BCUT2D eigenvalue weighted by atomic mass is 10.1. The summed E-state index contributed by atoms with van der Waals surface area (Å²) in [6.45, 7) is 9.74. The van der Waals surface area contributed by atoms with Gasteiger partial charge in [0.15, 0.2) is 0 Å². The first-order valence-corrected chi connectivity index (χ1v) is 12.2. The summed E-state index contributed by atoms with van der Waals surface area (Å²) in [7, 11) is -3.73. The van der Waals surface area contributed by atoms with E-state index in [4.69, 9.17) is 9.47 Å². The lowest BCUT2D eigenvalue weighted by molar-refractivity contribution is 0.102. The van der Waals surface area contributed by atoms with Gasteiger partial charge in [0.1, 0.15) is 5.75 Å². The van der Waals surface area contributed by atoms with E-state index >= 15 is 0 Å². The Morgan fingerprint density at radius 1 is 1.00 bits per heavy atom. The number of sulfonamides is 1. The Bertz CT molecular complexity index is 1080. The molecule has 0 aromatic heterocycles. The topological polar surface area (TPSA) is 114 Å². The van der Waals surface area contributed by atoms with E-state index in [1.807, 2.05) is 13.8 Å². The molecular weight excluding hydrogens is 446 g/mol. The highest BCUT2D eigenvalue weighted by Gasteiger charge is 2.24. The number of amides is 2. The number of nitrogens with zero attached hydrogens (tertiary/aromatic N) is 1. The third-order valence-corrected chi connectivity index (χ3v) is 6.60. The van der Waals surface area contributed by atoms with Gasteiger partial charge in [-0.25, -0.2) is 13.2 Å². The van der Waals surface area contributed by atoms with Crippen LogP contribution in [0.25, 0.3) is 0 Å². The summed E-state index contributed by atoms with van der Waals surface area (Å²) in [5.41, 5.74) is 0.875. The van der Waals surface area contributed by atoms with Gasteiger partial charge in [-0.15, -0.1) is 0 Å². The molecule has 0 aliphatic rings. The van der Waals surface area contributed by atoms with Crippen LogP contribution in [0.2, 0.25) is 0 Å². The van der Waals surface area contributed by atoms with Crippen molar-refractivity contribution in [1.29, 1.82) is 0 Å². The highest BCUT2D eigenvalue weighted by atomic mass is 32.2. The van der Waals surface area contributed by atoms with Crippen molar-refractivity contribution in [3.05, 3.63) is 48.0 Å². The summed E-state index contributed by atoms with van der Waals surface area (Å²) in [4.78, 5) is 24.7. The zero-order valence-electron chi connectivity index (χ0n) is 19.5. The average Bonchev–Trinajstić information content (AvgIpc) is 2.75. The Balaban J connectivity index is 2.38. The molecule has 2 amide bonds. The molecular formula is C23H31N3O6S. The van der Waals surface area contributed by atoms with Gasteiger partial charge in [-0.3, -0.25) is 10.1 Å². The molecule has 0 fully saturated rings. The van der Waals surface area contributed by atoms with Gasteiger partial charge in [-0.2, -0.15) is 4.31 Å². The number of hydrogen-bond acceptors (Lipinski definition) is 6. The molecule has 33 heavy (non-hydrogen) atoms. The smallest absolute Gasteiger partial charge is 0.411 e. The summed E-state index contributed by atoms with van der Waals surface area (Å²) < 4.78 is 37.9. The van der Waals surface area contributed by atoms with Crippen LogP contribution in [0.4, 0.5) is 16.2 Å². The second kappa shape index (κ2) is 11.7. The predicted molar refractivity (Wildman–Crippen MR) is 127 cm³/mol. The second-order valence-corrected chi connectivity index (χ2v) is 9.23. The monoisotopic (exact) mass is 477 g/mol. The maximum Gasteiger partial charge on any atom is 0.411 e. The van der Waals surface area contributed by atoms with Gasteiger partial charge in [-0.05, 0) is 57.2 Å². The van der Waals surface area contributed by atoms with Gasteiger partial charge in [0.05, 0.1) is 23.3 Å². The second-order valence-electron chi connectivity index (χ2n) is 7.29. The van der Waals surface area contributed by atoms with Crippen LogP contribution in [0.5, 0.6) is 5.75 Å². The first kappa shape index (κ1) is 26.1. The van der Waals surface area contributed by atoms with E-state index < -0.39 is 22.0 Å². The Labute approximate surface area is 195 Å². The maximum absolute atomic E-state index is 13.0. The number of nitrogens with one attached hydrogen (secondary N) is 2. The van der Waals surface area contributed by atoms with Crippen LogP contribution in [-0.4, -0.2) is 50.5 Å². The molecule has 0 heterocycles. The molecule has 0 saturated heterocycles. The van der Waals surface area contributed by atoms with E-state index in [0.29, 0.717) is 24.5 Å². The fourth-order valence-electron chi connectivity index (χ4n) is 3.05. The molecule has 2 N–H and O–H groups in total. The van der Waals surface area contributed by atoms with Gasteiger partial charge in [0.25, 0.3) is 5.91 Å². The summed E-state index contributed by atoms with van der Waals surface area (Å²) in [5, 5.41) is 5.28. The molecule has 0 aliphatic carbocycles. The molecule has 0 atom stereocenters. The third kappa shape index (κ3) is 6.93. The van der Waals surface area contributed by atoms with Crippen molar-refractivity contribution >= 4 is 33.4 Å².